The van der Waals surface area contributed by atoms with Gasteiger partial charge in [-0.2, -0.15) is 5.26 Å². The van der Waals surface area contributed by atoms with Crippen molar-refractivity contribution in [3.63, 3.8) is 0 Å². The average molecular weight is 367 g/mol. The number of alkyl halides is 1. The Morgan fingerprint density at radius 2 is 1.63 bits per heavy atom. The molecular formula is C24H31FN2. The van der Waals surface area contributed by atoms with Gasteiger partial charge in [-0.25, -0.2) is 4.39 Å². The summed E-state index contributed by atoms with van der Waals surface area (Å²) in [4.78, 5) is 2.44. The van der Waals surface area contributed by atoms with E-state index in [9.17, 15) is 4.39 Å². The Bertz CT molecular complexity index is 705. The minimum atomic E-state index is -0.603. The third-order valence-corrected chi connectivity index (χ3v) is 5.32. The van der Waals surface area contributed by atoms with Crippen LogP contribution in [0.3, 0.4) is 0 Å². The highest BCUT2D eigenvalue weighted by Crippen LogP contribution is 2.43. The molecule has 144 valence electrons. The van der Waals surface area contributed by atoms with Gasteiger partial charge < -0.3 is 4.90 Å². The summed E-state index contributed by atoms with van der Waals surface area (Å²) in [5, 5.41) is 7.32. The molecule has 3 heteroatoms. The van der Waals surface area contributed by atoms with Gasteiger partial charge in [0.1, 0.15) is 6.17 Å². The lowest BCUT2D eigenvalue weighted by Gasteiger charge is -2.24. The predicted octanol–water partition coefficient (Wildman–Crippen LogP) is 5.54. The number of hydrogen-bond acceptors (Lipinski definition) is 2. The van der Waals surface area contributed by atoms with Crippen LogP contribution in [0.2, 0.25) is 0 Å². The van der Waals surface area contributed by atoms with E-state index in [0.717, 1.165) is 25.8 Å². The third kappa shape index (κ3) is 7.15. The van der Waals surface area contributed by atoms with Gasteiger partial charge in [0, 0.05) is 25.4 Å². The van der Waals surface area contributed by atoms with Crippen molar-refractivity contribution in [1.82, 2.24) is 4.90 Å². The molecule has 3 unspecified atom stereocenters. The predicted molar refractivity (Wildman–Crippen MR) is 111 cm³/mol. The molecule has 0 radical (unpaired) electrons. The third-order valence-electron chi connectivity index (χ3n) is 5.32. The molecule has 0 saturated heterocycles. The van der Waals surface area contributed by atoms with Gasteiger partial charge in [0.2, 0.25) is 0 Å². The first-order chi connectivity index (χ1) is 13.0. The van der Waals surface area contributed by atoms with E-state index in [1.807, 2.05) is 0 Å². The molecular weight excluding hydrogens is 335 g/mol. The van der Waals surface area contributed by atoms with Crippen molar-refractivity contribution in [2.75, 3.05) is 13.6 Å². The number of aryl methyl sites for hydroxylation is 1. The fourth-order valence-corrected chi connectivity index (χ4v) is 3.21. The SMILES string of the molecule is CC#N.CC(CCc1ccc(C2CC2F)cc1)N(C)CCc1ccccc1. The van der Waals surface area contributed by atoms with E-state index in [0.29, 0.717) is 12.5 Å². The first-order valence-corrected chi connectivity index (χ1v) is 9.83. The quantitative estimate of drug-likeness (QED) is 0.613. The summed E-state index contributed by atoms with van der Waals surface area (Å²) in [6.07, 6.45) is 3.44. The number of halogens is 1. The van der Waals surface area contributed by atoms with Gasteiger partial charge in [0.15, 0.2) is 0 Å². The standard InChI is InChI=1S/C22H28FN.C2H3N/c1-17(24(2)15-14-18-6-4-3-5-7-18)8-9-19-10-12-20(13-11-19)21-16-22(21)23;1-2-3/h3-7,10-13,17,21-22H,8-9,14-16H2,1-2H3;1H3. The molecule has 0 amide bonds. The molecule has 0 aliphatic heterocycles. The van der Waals surface area contributed by atoms with E-state index in [-0.39, 0.29) is 5.92 Å². The van der Waals surface area contributed by atoms with Crippen molar-refractivity contribution in [3.05, 3.63) is 71.3 Å². The molecule has 27 heavy (non-hydrogen) atoms. The Hall–Kier alpha value is -2.18. The number of likely N-dealkylation sites (N-methyl/N-ethyl adjacent to an activating group) is 1. The molecule has 1 aliphatic rings. The van der Waals surface area contributed by atoms with E-state index in [1.54, 1.807) is 6.07 Å². The second-order valence-corrected chi connectivity index (χ2v) is 7.43. The highest BCUT2D eigenvalue weighted by Gasteiger charge is 2.38. The molecule has 0 spiro atoms. The van der Waals surface area contributed by atoms with Crippen molar-refractivity contribution in [3.8, 4) is 6.07 Å². The fourth-order valence-electron chi connectivity index (χ4n) is 3.21. The number of rotatable bonds is 8. The smallest absolute Gasteiger partial charge is 0.108 e. The molecule has 1 aliphatic carbocycles. The maximum absolute atomic E-state index is 13.1. The van der Waals surface area contributed by atoms with Gasteiger partial charge in [-0.3, -0.25) is 0 Å². The summed E-state index contributed by atoms with van der Waals surface area (Å²) in [5.41, 5.74) is 3.93. The normalized spacial score (nSPS) is 19.0. The summed E-state index contributed by atoms with van der Waals surface area (Å²) >= 11 is 0. The van der Waals surface area contributed by atoms with E-state index >= 15 is 0 Å². The highest BCUT2D eigenvalue weighted by atomic mass is 19.1. The van der Waals surface area contributed by atoms with Crippen LogP contribution in [0, 0.1) is 11.3 Å². The molecule has 2 nitrogen and oxygen atoms in total. The summed E-state index contributed by atoms with van der Waals surface area (Å²) in [6.45, 7) is 4.82. The number of benzene rings is 2. The van der Waals surface area contributed by atoms with Crippen LogP contribution < -0.4 is 0 Å². The monoisotopic (exact) mass is 366 g/mol. The zero-order chi connectivity index (χ0) is 19.6. The van der Waals surface area contributed by atoms with E-state index in [2.05, 4.69) is 73.5 Å². The lowest BCUT2D eigenvalue weighted by molar-refractivity contribution is 0.249. The summed E-state index contributed by atoms with van der Waals surface area (Å²) in [5.74, 6) is 0.169. The summed E-state index contributed by atoms with van der Waals surface area (Å²) in [7, 11) is 2.21. The van der Waals surface area contributed by atoms with Crippen LogP contribution in [0.15, 0.2) is 54.6 Å². The summed E-state index contributed by atoms with van der Waals surface area (Å²) < 4.78 is 13.1. The van der Waals surface area contributed by atoms with Crippen molar-refractivity contribution in [2.45, 2.75) is 57.7 Å². The van der Waals surface area contributed by atoms with E-state index < -0.39 is 6.17 Å². The maximum Gasteiger partial charge on any atom is 0.108 e. The molecule has 2 aromatic carbocycles. The lowest BCUT2D eigenvalue weighted by Crippen LogP contribution is -2.31. The van der Waals surface area contributed by atoms with E-state index in [4.69, 9.17) is 5.26 Å². The zero-order valence-electron chi connectivity index (χ0n) is 16.7. The van der Waals surface area contributed by atoms with Gasteiger partial charge >= 0.3 is 0 Å². The Morgan fingerprint density at radius 1 is 1.07 bits per heavy atom. The Balaban J connectivity index is 0.000000817. The van der Waals surface area contributed by atoms with Crippen LogP contribution in [0.25, 0.3) is 0 Å². The second-order valence-electron chi connectivity index (χ2n) is 7.43. The highest BCUT2D eigenvalue weighted by molar-refractivity contribution is 5.30. The van der Waals surface area contributed by atoms with Crippen molar-refractivity contribution >= 4 is 0 Å². The minimum Gasteiger partial charge on any atom is -0.303 e. The minimum absolute atomic E-state index is 0.169. The molecule has 0 N–H and O–H groups in total. The Kier molecular flexibility index (Phi) is 8.48. The van der Waals surface area contributed by atoms with Gasteiger partial charge in [0.05, 0.1) is 6.07 Å². The number of nitriles is 1. The Labute approximate surface area is 163 Å². The first kappa shape index (κ1) is 21.1. The number of hydrogen-bond donors (Lipinski definition) is 0. The van der Waals surface area contributed by atoms with Gasteiger partial charge in [-0.05, 0) is 56.3 Å². The number of nitrogens with zero attached hydrogens (tertiary/aromatic N) is 2. The lowest BCUT2D eigenvalue weighted by atomic mass is 10.0. The van der Waals surface area contributed by atoms with Gasteiger partial charge in [0.25, 0.3) is 0 Å². The molecule has 0 bridgehead atoms. The van der Waals surface area contributed by atoms with Crippen molar-refractivity contribution in [2.24, 2.45) is 0 Å². The molecule has 1 saturated carbocycles. The van der Waals surface area contributed by atoms with Crippen LogP contribution in [-0.4, -0.2) is 30.7 Å². The van der Waals surface area contributed by atoms with Crippen molar-refractivity contribution in [1.29, 1.82) is 5.26 Å². The molecule has 1 fully saturated rings. The van der Waals surface area contributed by atoms with Crippen LogP contribution in [-0.2, 0) is 12.8 Å². The largest absolute Gasteiger partial charge is 0.303 e. The fraction of sp³-hybridized carbons (Fsp3) is 0.458. The van der Waals surface area contributed by atoms with Crippen molar-refractivity contribution < 1.29 is 4.39 Å². The van der Waals surface area contributed by atoms with Crippen LogP contribution >= 0.6 is 0 Å². The van der Waals surface area contributed by atoms with Gasteiger partial charge in [-0.1, -0.05) is 54.6 Å². The maximum atomic E-state index is 13.1. The zero-order valence-corrected chi connectivity index (χ0v) is 16.7. The first-order valence-electron chi connectivity index (χ1n) is 9.83. The van der Waals surface area contributed by atoms with Crippen LogP contribution in [0.5, 0.6) is 0 Å². The molecule has 0 aromatic heterocycles. The summed E-state index contributed by atoms with van der Waals surface area (Å²) in [6, 6.07) is 21.6. The second kappa shape index (κ2) is 10.8. The Morgan fingerprint density at radius 3 is 2.19 bits per heavy atom. The molecule has 2 aromatic rings. The van der Waals surface area contributed by atoms with Crippen LogP contribution in [0.4, 0.5) is 4.39 Å². The topological polar surface area (TPSA) is 27.0 Å². The molecule has 0 heterocycles. The van der Waals surface area contributed by atoms with Crippen LogP contribution in [0.1, 0.15) is 49.3 Å². The van der Waals surface area contributed by atoms with Gasteiger partial charge in [-0.15, -0.1) is 0 Å². The van der Waals surface area contributed by atoms with E-state index in [1.165, 1.54) is 23.6 Å². The molecule has 3 atom stereocenters. The average Bonchev–Trinajstić information content (AvgIpc) is 3.42. The molecule has 3 rings (SSSR count).